The lowest BCUT2D eigenvalue weighted by atomic mass is 9.61. The van der Waals surface area contributed by atoms with Crippen LogP contribution in [0, 0.1) is 12.8 Å². The summed E-state index contributed by atoms with van der Waals surface area (Å²) in [6, 6.07) is 7.86. The molecular formula is C15H20O2S. The van der Waals surface area contributed by atoms with Gasteiger partial charge < -0.3 is 5.11 Å². The molecule has 0 aliphatic heterocycles. The zero-order valence-electron chi connectivity index (χ0n) is 10.8. The Morgan fingerprint density at radius 2 is 2.00 bits per heavy atom. The highest BCUT2D eigenvalue weighted by molar-refractivity contribution is 7.85. The number of hydrogen-bond donors (Lipinski definition) is 1. The van der Waals surface area contributed by atoms with Crippen LogP contribution in [0.4, 0.5) is 0 Å². The minimum absolute atomic E-state index is 0.0505. The maximum absolute atomic E-state index is 12.5. The minimum Gasteiger partial charge on any atom is -0.388 e. The highest BCUT2D eigenvalue weighted by Gasteiger charge is 2.57. The van der Waals surface area contributed by atoms with Crippen molar-refractivity contribution >= 4 is 10.8 Å². The number of aliphatic hydroxyl groups is 1. The van der Waals surface area contributed by atoms with Gasteiger partial charge in [-0.2, -0.15) is 0 Å². The second kappa shape index (κ2) is 4.46. The minimum atomic E-state index is -1.06. The van der Waals surface area contributed by atoms with Gasteiger partial charge in [0.2, 0.25) is 0 Å². The van der Waals surface area contributed by atoms with E-state index >= 15 is 0 Å². The van der Waals surface area contributed by atoms with Gasteiger partial charge in [-0.3, -0.25) is 4.21 Å². The monoisotopic (exact) mass is 264 g/mol. The molecule has 0 bridgehead atoms. The fourth-order valence-electron chi connectivity index (χ4n) is 3.41. The highest BCUT2D eigenvalue weighted by Crippen LogP contribution is 2.51. The van der Waals surface area contributed by atoms with E-state index in [1.54, 1.807) is 0 Å². The molecule has 0 saturated heterocycles. The number of aryl methyl sites for hydroxylation is 1. The van der Waals surface area contributed by atoms with Crippen molar-refractivity contribution in [2.24, 2.45) is 5.92 Å². The molecule has 0 amide bonds. The average molecular weight is 264 g/mol. The first kappa shape index (κ1) is 12.4. The van der Waals surface area contributed by atoms with Crippen molar-refractivity contribution in [2.45, 2.75) is 54.8 Å². The third-order valence-corrected chi connectivity index (χ3v) is 6.51. The summed E-state index contributed by atoms with van der Waals surface area (Å²) in [5.74, 6) is 0.394. The van der Waals surface area contributed by atoms with Crippen molar-refractivity contribution < 1.29 is 9.32 Å². The third-order valence-electron chi connectivity index (χ3n) is 4.65. The first-order chi connectivity index (χ1) is 8.61. The lowest BCUT2D eigenvalue weighted by Gasteiger charge is -2.54. The standard InChI is InChI=1S/C15H20O2S/c1-11-5-7-13(8-6-11)18(17)14-10-12-4-2-3-9-15(12,14)16/h5-8,12,14,16H,2-4,9-10H2,1H3/t12-,14-,15+,18?/m1/s1. The summed E-state index contributed by atoms with van der Waals surface area (Å²) >= 11 is 0. The van der Waals surface area contributed by atoms with Gasteiger partial charge in [-0.1, -0.05) is 30.5 Å². The summed E-state index contributed by atoms with van der Waals surface area (Å²) in [5, 5.41) is 10.6. The van der Waals surface area contributed by atoms with E-state index in [-0.39, 0.29) is 5.25 Å². The molecule has 2 fully saturated rings. The molecule has 1 aromatic rings. The van der Waals surface area contributed by atoms with Crippen LogP contribution < -0.4 is 0 Å². The van der Waals surface area contributed by atoms with Gasteiger partial charge in [-0.25, -0.2) is 0 Å². The van der Waals surface area contributed by atoms with E-state index in [1.807, 2.05) is 31.2 Å². The second-order valence-electron chi connectivity index (χ2n) is 5.77. The van der Waals surface area contributed by atoms with Crippen LogP contribution in [-0.4, -0.2) is 20.2 Å². The van der Waals surface area contributed by atoms with E-state index in [2.05, 4.69) is 0 Å². The Morgan fingerprint density at radius 3 is 2.67 bits per heavy atom. The molecular weight excluding hydrogens is 244 g/mol. The summed E-state index contributed by atoms with van der Waals surface area (Å²) in [6.07, 6.45) is 5.17. The van der Waals surface area contributed by atoms with Gasteiger partial charge in [-0.05, 0) is 44.2 Å². The Balaban J connectivity index is 1.80. The predicted molar refractivity (Wildman–Crippen MR) is 72.9 cm³/mol. The van der Waals surface area contributed by atoms with Gasteiger partial charge in [0, 0.05) is 4.90 Å². The lowest BCUT2D eigenvalue weighted by Crippen LogP contribution is -2.62. The molecule has 1 unspecified atom stereocenters. The number of hydrogen-bond acceptors (Lipinski definition) is 2. The number of rotatable bonds is 2. The summed E-state index contributed by atoms with van der Waals surface area (Å²) in [5.41, 5.74) is 0.534. The van der Waals surface area contributed by atoms with Gasteiger partial charge in [0.05, 0.1) is 21.7 Å². The topological polar surface area (TPSA) is 37.3 Å². The van der Waals surface area contributed by atoms with E-state index in [1.165, 1.54) is 12.0 Å². The van der Waals surface area contributed by atoms with Gasteiger partial charge in [0.1, 0.15) is 0 Å². The SMILES string of the molecule is Cc1ccc(S(=O)[C@@H]2C[C@H]3CCCC[C@]32O)cc1. The molecule has 1 N–H and O–H groups in total. The quantitative estimate of drug-likeness (QED) is 0.892. The van der Waals surface area contributed by atoms with Crippen molar-refractivity contribution in [1.29, 1.82) is 0 Å². The summed E-state index contributed by atoms with van der Waals surface area (Å²) < 4.78 is 12.5. The number of fused-ring (bicyclic) bond motifs is 1. The Labute approximate surface area is 111 Å². The van der Waals surface area contributed by atoms with Gasteiger partial charge >= 0.3 is 0 Å². The van der Waals surface area contributed by atoms with E-state index in [0.717, 1.165) is 30.6 Å². The highest BCUT2D eigenvalue weighted by atomic mass is 32.2. The van der Waals surface area contributed by atoms with Crippen LogP contribution in [0.2, 0.25) is 0 Å². The molecule has 0 spiro atoms. The van der Waals surface area contributed by atoms with E-state index < -0.39 is 16.4 Å². The average Bonchev–Trinajstić information content (AvgIpc) is 2.35. The molecule has 2 nitrogen and oxygen atoms in total. The second-order valence-corrected chi connectivity index (χ2v) is 7.40. The fourth-order valence-corrected chi connectivity index (χ4v) is 5.23. The van der Waals surface area contributed by atoms with Crippen LogP contribution >= 0.6 is 0 Å². The normalized spacial score (nSPS) is 36.6. The van der Waals surface area contributed by atoms with Crippen molar-refractivity contribution in [1.82, 2.24) is 0 Å². The molecule has 0 heterocycles. The third kappa shape index (κ3) is 1.84. The zero-order chi connectivity index (χ0) is 12.8. The Morgan fingerprint density at radius 1 is 1.28 bits per heavy atom. The van der Waals surface area contributed by atoms with Crippen molar-refractivity contribution in [3.8, 4) is 0 Å². The summed E-state index contributed by atoms with van der Waals surface area (Å²) in [4.78, 5) is 0.864. The molecule has 2 saturated carbocycles. The smallest absolute Gasteiger partial charge is 0.0822 e. The lowest BCUT2D eigenvalue weighted by molar-refractivity contribution is -0.113. The van der Waals surface area contributed by atoms with Crippen LogP contribution in [0.15, 0.2) is 29.2 Å². The molecule has 4 atom stereocenters. The van der Waals surface area contributed by atoms with Gasteiger partial charge in [0.15, 0.2) is 0 Å². The molecule has 3 heteroatoms. The molecule has 3 rings (SSSR count). The van der Waals surface area contributed by atoms with E-state index in [4.69, 9.17) is 0 Å². The molecule has 2 aliphatic carbocycles. The molecule has 0 aromatic heterocycles. The van der Waals surface area contributed by atoms with E-state index in [9.17, 15) is 9.32 Å². The largest absolute Gasteiger partial charge is 0.388 e. The predicted octanol–water partition coefficient (Wildman–Crippen LogP) is 2.80. The van der Waals surface area contributed by atoms with Crippen molar-refractivity contribution in [3.05, 3.63) is 29.8 Å². The zero-order valence-corrected chi connectivity index (χ0v) is 11.6. The Hall–Kier alpha value is -0.670. The van der Waals surface area contributed by atoms with Gasteiger partial charge in [-0.15, -0.1) is 0 Å². The first-order valence-electron chi connectivity index (χ1n) is 6.81. The van der Waals surface area contributed by atoms with Crippen LogP contribution in [-0.2, 0) is 10.8 Å². The Bertz CT molecular complexity index is 468. The molecule has 0 radical (unpaired) electrons. The van der Waals surface area contributed by atoms with Crippen LogP contribution in [0.3, 0.4) is 0 Å². The van der Waals surface area contributed by atoms with E-state index in [0.29, 0.717) is 5.92 Å². The molecule has 1 aromatic carbocycles. The summed E-state index contributed by atoms with van der Waals surface area (Å²) in [7, 11) is -1.06. The Kier molecular flexibility index (Phi) is 3.07. The maximum Gasteiger partial charge on any atom is 0.0822 e. The fraction of sp³-hybridized carbons (Fsp3) is 0.600. The van der Waals surface area contributed by atoms with Crippen LogP contribution in [0.25, 0.3) is 0 Å². The first-order valence-corrected chi connectivity index (χ1v) is 8.02. The molecule has 98 valence electrons. The molecule has 18 heavy (non-hydrogen) atoms. The summed E-state index contributed by atoms with van der Waals surface area (Å²) in [6.45, 7) is 2.03. The van der Waals surface area contributed by atoms with Crippen molar-refractivity contribution in [2.75, 3.05) is 0 Å². The maximum atomic E-state index is 12.5. The molecule has 2 aliphatic rings. The van der Waals surface area contributed by atoms with Crippen LogP contribution in [0.1, 0.15) is 37.7 Å². The number of benzene rings is 1. The van der Waals surface area contributed by atoms with Crippen LogP contribution in [0.5, 0.6) is 0 Å². The van der Waals surface area contributed by atoms with Gasteiger partial charge in [0.25, 0.3) is 0 Å². The van der Waals surface area contributed by atoms with Crippen molar-refractivity contribution in [3.63, 3.8) is 0 Å².